The molecule has 0 saturated carbocycles. The van der Waals surface area contributed by atoms with Gasteiger partial charge in [0.2, 0.25) is 0 Å². The summed E-state index contributed by atoms with van der Waals surface area (Å²) in [5, 5.41) is 0.825. The van der Waals surface area contributed by atoms with Crippen molar-refractivity contribution in [1.82, 2.24) is 4.40 Å². The van der Waals surface area contributed by atoms with E-state index in [-0.39, 0.29) is 0 Å². The highest BCUT2D eigenvalue weighted by molar-refractivity contribution is 6.31. The van der Waals surface area contributed by atoms with Gasteiger partial charge < -0.3 is 4.40 Å². The number of hydrogen-bond acceptors (Lipinski definition) is 0. The molecule has 0 aliphatic carbocycles. The number of benzene rings is 2. The molecule has 0 N–H and O–H groups in total. The quantitative estimate of drug-likeness (QED) is 0.423. The highest BCUT2D eigenvalue weighted by atomic mass is 35.5. The van der Waals surface area contributed by atoms with Crippen LogP contribution < -0.4 is 0 Å². The summed E-state index contributed by atoms with van der Waals surface area (Å²) in [6.45, 7) is 2.20. The average molecular weight is 332 g/mol. The maximum atomic E-state index is 6.42. The van der Waals surface area contributed by atoms with Crippen LogP contribution in [0.5, 0.6) is 0 Å². The van der Waals surface area contributed by atoms with Crippen molar-refractivity contribution in [3.63, 3.8) is 0 Å². The molecule has 118 valence electrons. The summed E-state index contributed by atoms with van der Waals surface area (Å²) in [6, 6.07) is 25.0. The van der Waals surface area contributed by atoms with Crippen LogP contribution in [0.2, 0.25) is 5.02 Å². The van der Waals surface area contributed by atoms with E-state index in [1.54, 1.807) is 0 Å². The second-order valence-electron chi connectivity index (χ2n) is 6.04. The standard InChI is InChI=1S/C22H18ClN/c1-16-19(15-18-11-5-6-12-20(18)23)22(17-9-3-2-4-10-17)24-14-8-7-13-21(16)24/h2-14H,15H2,1H3. The van der Waals surface area contributed by atoms with Crippen molar-refractivity contribution < 1.29 is 0 Å². The summed E-state index contributed by atoms with van der Waals surface area (Å²) in [6.07, 6.45) is 2.97. The first-order valence-corrected chi connectivity index (χ1v) is 8.51. The van der Waals surface area contributed by atoms with Crippen LogP contribution in [0, 0.1) is 6.92 Å². The van der Waals surface area contributed by atoms with Crippen molar-refractivity contribution in [1.29, 1.82) is 0 Å². The number of rotatable bonds is 3. The van der Waals surface area contributed by atoms with Crippen molar-refractivity contribution in [2.24, 2.45) is 0 Å². The third-order valence-corrected chi connectivity index (χ3v) is 4.96. The van der Waals surface area contributed by atoms with Crippen LogP contribution in [0.4, 0.5) is 0 Å². The Bertz CT molecular complexity index is 999. The van der Waals surface area contributed by atoms with Crippen molar-refractivity contribution in [3.05, 3.63) is 101 Å². The summed E-state index contributed by atoms with van der Waals surface area (Å²) in [4.78, 5) is 0. The highest BCUT2D eigenvalue weighted by Crippen LogP contribution is 2.34. The fourth-order valence-electron chi connectivity index (χ4n) is 3.38. The second-order valence-corrected chi connectivity index (χ2v) is 6.45. The molecule has 0 amide bonds. The number of aryl methyl sites for hydroxylation is 1. The Morgan fingerprint density at radius 2 is 1.54 bits per heavy atom. The first-order chi connectivity index (χ1) is 11.8. The molecule has 0 radical (unpaired) electrons. The van der Waals surface area contributed by atoms with Crippen molar-refractivity contribution in [2.75, 3.05) is 0 Å². The molecule has 4 aromatic rings. The number of pyridine rings is 1. The first kappa shape index (κ1) is 15.0. The van der Waals surface area contributed by atoms with Gasteiger partial charge in [0.05, 0.1) is 5.69 Å². The molecule has 0 bridgehead atoms. The Labute approximate surface area is 147 Å². The van der Waals surface area contributed by atoms with E-state index in [1.165, 1.54) is 27.9 Å². The fourth-order valence-corrected chi connectivity index (χ4v) is 3.58. The lowest BCUT2D eigenvalue weighted by molar-refractivity contribution is 1.15. The van der Waals surface area contributed by atoms with E-state index in [9.17, 15) is 0 Å². The van der Waals surface area contributed by atoms with E-state index in [0.29, 0.717) is 0 Å². The maximum absolute atomic E-state index is 6.42. The monoisotopic (exact) mass is 331 g/mol. The molecule has 2 heteroatoms. The van der Waals surface area contributed by atoms with Gasteiger partial charge in [-0.3, -0.25) is 0 Å². The topological polar surface area (TPSA) is 4.41 Å². The van der Waals surface area contributed by atoms with Gasteiger partial charge in [0.15, 0.2) is 0 Å². The number of fused-ring (bicyclic) bond motifs is 1. The van der Waals surface area contributed by atoms with Crippen LogP contribution in [0.15, 0.2) is 79.0 Å². The van der Waals surface area contributed by atoms with E-state index in [1.807, 2.05) is 12.1 Å². The Morgan fingerprint density at radius 3 is 2.33 bits per heavy atom. The summed E-state index contributed by atoms with van der Waals surface area (Å²) < 4.78 is 2.29. The van der Waals surface area contributed by atoms with Crippen LogP contribution in [-0.4, -0.2) is 4.40 Å². The molecule has 4 rings (SSSR count). The van der Waals surface area contributed by atoms with Crippen LogP contribution in [-0.2, 0) is 6.42 Å². The van der Waals surface area contributed by atoms with Crippen molar-refractivity contribution in [2.45, 2.75) is 13.3 Å². The predicted molar refractivity (Wildman–Crippen MR) is 102 cm³/mol. The van der Waals surface area contributed by atoms with E-state index >= 15 is 0 Å². The molecule has 24 heavy (non-hydrogen) atoms. The van der Waals surface area contributed by atoms with E-state index in [2.05, 4.69) is 78.2 Å². The molecule has 2 aromatic heterocycles. The van der Waals surface area contributed by atoms with Crippen molar-refractivity contribution in [3.8, 4) is 11.3 Å². The predicted octanol–water partition coefficient (Wildman–Crippen LogP) is 6.16. The molecular weight excluding hydrogens is 314 g/mol. The van der Waals surface area contributed by atoms with Gasteiger partial charge in [-0.1, -0.05) is 66.2 Å². The molecule has 0 spiro atoms. The molecule has 0 aliphatic heterocycles. The lowest BCUT2D eigenvalue weighted by atomic mass is 9.98. The molecule has 0 saturated heterocycles. The van der Waals surface area contributed by atoms with Gasteiger partial charge in [0.25, 0.3) is 0 Å². The van der Waals surface area contributed by atoms with Gasteiger partial charge in [-0.15, -0.1) is 0 Å². The van der Waals surface area contributed by atoms with Crippen molar-refractivity contribution >= 4 is 17.1 Å². The Kier molecular flexibility index (Phi) is 3.87. The van der Waals surface area contributed by atoms with Crippen LogP contribution >= 0.6 is 11.6 Å². The molecule has 0 unspecified atom stereocenters. The summed E-state index contributed by atoms with van der Waals surface area (Å²) in [5.41, 5.74) is 7.54. The Balaban J connectivity index is 1.97. The summed E-state index contributed by atoms with van der Waals surface area (Å²) in [7, 11) is 0. The number of aromatic nitrogens is 1. The van der Waals surface area contributed by atoms with E-state index in [0.717, 1.165) is 17.0 Å². The molecule has 0 atom stereocenters. The minimum absolute atomic E-state index is 0.825. The molecule has 2 aromatic carbocycles. The largest absolute Gasteiger partial charge is 0.316 e. The lowest BCUT2D eigenvalue weighted by Gasteiger charge is -2.09. The Morgan fingerprint density at radius 1 is 0.833 bits per heavy atom. The second kappa shape index (κ2) is 6.18. The van der Waals surface area contributed by atoms with Gasteiger partial charge in [-0.2, -0.15) is 0 Å². The van der Waals surface area contributed by atoms with Gasteiger partial charge in [-0.05, 0) is 47.4 Å². The van der Waals surface area contributed by atoms with Gasteiger partial charge in [-0.25, -0.2) is 0 Å². The molecule has 1 nitrogen and oxygen atoms in total. The lowest BCUT2D eigenvalue weighted by Crippen LogP contribution is -1.94. The normalized spacial score (nSPS) is 11.1. The SMILES string of the molecule is Cc1c(Cc2ccccc2Cl)c(-c2ccccc2)n2ccccc12. The number of nitrogens with zero attached hydrogens (tertiary/aromatic N) is 1. The zero-order valence-corrected chi connectivity index (χ0v) is 14.3. The molecule has 0 aliphatic rings. The number of hydrogen-bond donors (Lipinski definition) is 0. The van der Waals surface area contributed by atoms with Gasteiger partial charge in [0, 0.05) is 23.2 Å². The van der Waals surface area contributed by atoms with Crippen LogP contribution in [0.3, 0.4) is 0 Å². The summed E-state index contributed by atoms with van der Waals surface area (Å²) in [5.74, 6) is 0. The fraction of sp³-hybridized carbons (Fsp3) is 0.0909. The zero-order valence-electron chi connectivity index (χ0n) is 13.5. The first-order valence-electron chi connectivity index (χ1n) is 8.13. The molecule has 0 fully saturated rings. The van der Waals surface area contributed by atoms with E-state index in [4.69, 9.17) is 11.6 Å². The average Bonchev–Trinajstić information content (AvgIpc) is 2.90. The van der Waals surface area contributed by atoms with Gasteiger partial charge >= 0.3 is 0 Å². The van der Waals surface area contributed by atoms with Crippen LogP contribution in [0.25, 0.3) is 16.8 Å². The highest BCUT2D eigenvalue weighted by Gasteiger charge is 2.17. The maximum Gasteiger partial charge on any atom is 0.0566 e. The smallest absolute Gasteiger partial charge is 0.0566 e. The third-order valence-electron chi connectivity index (χ3n) is 4.60. The zero-order chi connectivity index (χ0) is 16.5. The minimum Gasteiger partial charge on any atom is -0.316 e. The third kappa shape index (κ3) is 2.51. The molecular formula is C22H18ClN. The van der Waals surface area contributed by atoms with E-state index < -0.39 is 0 Å². The number of halogens is 1. The minimum atomic E-state index is 0.825. The summed E-state index contributed by atoms with van der Waals surface area (Å²) >= 11 is 6.42. The van der Waals surface area contributed by atoms with Crippen LogP contribution in [0.1, 0.15) is 16.7 Å². The Hall–Kier alpha value is -2.51. The van der Waals surface area contributed by atoms with Gasteiger partial charge in [0.1, 0.15) is 0 Å². The molecule has 2 heterocycles.